The average Bonchev–Trinajstić information content (AvgIpc) is 2.97. The topological polar surface area (TPSA) is 75.2 Å². The summed E-state index contributed by atoms with van der Waals surface area (Å²) in [4.78, 5) is 37.2. The van der Waals surface area contributed by atoms with E-state index in [0.717, 1.165) is 4.90 Å². The molecule has 1 unspecified atom stereocenters. The Balaban J connectivity index is 1.62. The molecule has 1 saturated heterocycles. The lowest BCUT2D eigenvalue weighted by molar-refractivity contribution is -0.143. The van der Waals surface area contributed by atoms with Crippen molar-refractivity contribution >= 4 is 34.3 Å². The van der Waals surface area contributed by atoms with E-state index in [1.54, 1.807) is 48.5 Å². The summed E-state index contributed by atoms with van der Waals surface area (Å²) >= 11 is 6.04. The third-order valence-electron chi connectivity index (χ3n) is 7.33. The number of benzene rings is 3. The first-order valence-corrected chi connectivity index (χ1v) is 13.5. The second-order valence-electron chi connectivity index (χ2n) is 10.2. The number of alkyl halides is 6. The summed E-state index contributed by atoms with van der Waals surface area (Å²) < 4.78 is 81.8. The molecule has 0 spiro atoms. The van der Waals surface area contributed by atoms with Gasteiger partial charge in [-0.15, -0.1) is 0 Å². The van der Waals surface area contributed by atoms with Crippen LogP contribution in [0.3, 0.4) is 0 Å². The van der Waals surface area contributed by atoms with E-state index in [2.05, 4.69) is 15.3 Å². The van der Waals surface area contributed by atoms with Crippen LogP contribution >= 0.6 is 11.6 Å². The second-order valence-corrected chi connectivity index (χ2v) is 10.7. The highest BCUT2D eigenvalue weighted by molar-refractivity contribution is 6.30. The first kappa shape index (κ1) is 30.3. The molecule has 6 nitrogen and oxygen atoms in total. The van der Waals surface area contributed by atoms with Crippen molar-refractivity contribution in [2.75, 3.05) is 6.54 Å². The fourth-order valence-electron chi connectivity index (χ4n) is 5.32. The van der Waals surface area contributed by atoms with Crippen molar-refractivity contribution in [3.63, 3.8) is 0 Å². The quantitative estimate of drug-likeness (QED) is 0.237. The van der Waals surface area contributed by atoms with E-state index in [0.29, 0.717) is 46.5 Å². The number of amides is 2. The molecule has 0 aliphatic carbocycles. The molecule has 2 amide bonds. The number of hydrogen-bond acceptors (Lipinski definition) is 4. The van der Waals surface area contributed by atoms with E-state index in [-0.39, 0.29) is 31.1 Å². The monoisotopic (exact) mass is 620 g/mol. The Kier molecular flexibility index (Phi) is 8.08. The summed E-state index contributed by atoms with van der Waals surface area (Å²) in [6, 6.07) is 14.0. The highest BCUT2D eigenvalue weighted by Gasteiger charge is 2.45. The van der Waals surface area contributed by atoms with Gasteiger partial charge in [-0.2, -0.15) is 26.3 Å². The molecule has 0 radical (unpaired) electrons. The van der Waals surface area contributed by atoms with Gasteiger partial charge in [0.25, 0.3) is 11.8 Å². The molecule has 0 saturated carbocycles. The fraction of sp³-hybridized carbons (Fsp3) is 0.267. The predicted octanol–water partition coefficient (Wildman–Crippen LogP) is 7.32. The molecule has 1 atom stereocenters. The molecular formula is C30H23ClF6N4O2. The van der Waals surface area contributed by atoms with Gasteiger partial charge < -0.3 is 10.2 Å². The van der Waals surface area contributed by atoms with Gasteiger partial charge in [-0.1, -0.05) is 41.9 Å². The lowest BCUT2D eigenvalue weighted by atomic mass is 9.87. The van der Waals surface area contributed by atoms with Crippen molar-refractivity contribution in [1.82, 2.24) is 20.2 Å². The molecule has 0 bridgehead atoms. The Bertz CT molecular complexity index is 1640. The number of nitrogens with zero attached hydrogens (tertiary/aromatic N) is 3. The number of piperidine rings is 1. The number of para-hydroxylation sites is 1. The van der Waals surface area contributed by atoms with E-state index in [9.17, 15) is 35.9 Å². The Hall–Kier alpha value is -4.19. The molecule has 1 aromatic heterocycles. The first-order chi connectivity index (χ1) is 20.3. The standard InChI is InChI=1S/C30H23ClF6N4O2/c31-22-9-7-18(8-10-22)16-28(40-26(42)25-23-5-1-2-6-24(23)38-17-39-25)11-3-4-12-41(28)27(43)19-13-20(29(32,33)34)15-21(14-19)30(35,36)37/h1-2,5-10,13-15,17H,3-4,11-12,16H2,(H,40,42). The average molecular weight is 621 g/mol. The number of hydrogen-bond donors (Lipinski definition) is 1. The number of aromatic nitrogens is 2. The van der Waals surface area contributed by atoms with E-state index in [4.69, 9.17) is 11.6 Å². The number of halogens is 7. The van der Waals surface area contributed by atoms with Gasteiger partial charge in [0, 0.05) is 28.9 Å². The zero-order valence-corrected chi connectivity index (χ0v) is 23.0. The molecule has 1 aliphatic rings. The normalized spacial score (nSPS) is 17.6. The van der Waals surface area contributed by atoms with Crippen molar-refractivity contribution < 1.29 is 35.9 Å². The van der Waals surface area contributed by atoms with Gasteiger partial charge in [-0.05, 0) is 61.2 Å². The van der Waals surface area contributed by atoms with E-state index in [1.165, 1.54) is 6.33 Å². The maximum absolute atomic E-state index is 13.9. The van der Waals surface area contributed by atoms with Crippen LogP contribution in [0.1, 0.15) is 56.8 Å². The van der Waals surface area contributed by atoms with Crippen molar-refractivity contribution in [1.29, 1.82) is 0 Å². The van der Waals surface area contributed by atoms with Crippen molar-refractivity contribution in [3.8, 4) is 0 Å². The molecule has 1 aliphatic heterocycles. The SMILES string of the molecule is O=C(NC1(Cc2ccc(Cl)cc2)CCCCN1C(=O)c1cc(C(F)(F)F)cc(C(F)(F)F)c1)c1ncnc2ccccc12. The number of carbonyl (C=O) groups excluding carboxylic acids is 2. The van der Waals surface area contributed by atoms with Crippen molar-refractivity contribution in [2.24, 2.45) is 0 Å². The van der Waals surface area contributed by atoms with E-state index in [1.807, 2.05) is 0 Å². The van der Waals surface area contributed by atoms with Gasteiger partial charge in [-0.25, -0.2) is 9.97 Å². The molecular weight excluding hydrogens is 598 g/mol. The van der Waals surface area contributed by atoms with Crippen LogP contribution in [0.25, 0.3) is 10.9 Å². The number of likely N-dealkylation sites (tertiary alicyclic amines) is 1. The van der Waals surface area contributed by atoms with Gasteiger partial charge in [-0.3, -0.25) is 9.59 Å². The number of rotatable bonds is 5. The molecule has 43 heavy (non-hydrogen) atoms. The second kappa shape index (κ2) is 11.5. The van der Waals surface area contributed by atoms with Gasteiger partial charge in [0.15, 0.2) is 0 Å². The lowest BCUT2D eigenvalue weighted by Gasteiger charge is -2.48. The largest absolute Gasteiger partial charge is 0.416 e. The molecule has 4 aromatic rings. The third kappa shape index (κ3) is 6.43. The van der Waals surface area contributed by atoms with Crippen LogP contribution in [0, 0.1) is 0 Å². The van der Waals surface area contributed by atoms with Crippen LogP contribution < -0.4 is 5.32 Å². The Morgan fingerprint density at radius 2 is 1.53 bits per heavy atom. The summed E-state index contributed by atoms with van der Waals surface area (Å²) in [5, 5.41) is 3.74. The van der Waals surface area contributed by atoms with Crippen LogP contribution in [-0.4, -0.2) is 38.9 Å². The molecule has 5 rings (SSSR count). The van der Waals surface area contributed by atoms with Crippen LogP contribution in [0.15, 0.2) is 73.1 Å². The van der Waals surface area contributed by atoms with Crippen LogP contribution in [-0.2, 0) is 18.8 Å². The first-order valence-electron chi connectivity index (χ1n) is 13.1. The number of fused-ring (bicyclic) bond motifs is 1. The van der Waals surface area contributed by atoms with E-state index >= 15 is 0 Å². The third-order valence-corrected chi connectivity index (χ3v) is 7.58. The highest BCUT2D eigenvalue weighted by atomic mass is 35.5. The molecule has 2 heterocycles. The number of nitrogens with one attached hydrogen (secondary N) is 1. The zero-order chi connectivity index (χ0) is 31.0. The Labute approximate surface area is 246 Å². The van der Waals surface area contributed by atoms with E-state index < -0.39 is 46.5 Å². The van der Waals surface area contributed by atoms with Crippen molar-refractivity contribution in [2.45, 2.75) is 43.7 Å². The molecule has 1 fully saturated rings. The summed E-state index contributed by atoms with van der Waals surface area (Å²) in [6.45, 7) is -0.0329. The fourth-order valence-corrected chi connectivity index (χ4v) is 5.45. The Morgan fingerprint density at radius 1 is 0.884 bits per heavy atom. The van der Waals surface area contributed by atoms with Crippen molar-refractivity contribution in [3.05, 3.63) is 106 Å². The minimum Gasteiger partial charge on any atom is -0.327 e. The predicted molar refractivity (Wildman–Crippen MR) is 146 cm³/mol. The minimum atomic E-state index is -5.14. The van der Waals surface area contributed by atoms with Gasteiger partial charge in [0.05, 0.1) is 16.6 Å². The van der Waals surface area contributed by atoms with Gasteiger partial charge >= 0.3 is 12.4 Å². The summed E-state index contributed by atoms with van der Waals surface area (Å²) in [6.07, 6.45) is -7.99. The smallest absolute Gasteiger partial charge is 0.327 e. The molecule has 224 valence electrons. The van der Waals surface area contributed by atoms with Gasteiger partial charge in [0.2, 0.25) is 0 Å². The summed E-state index contributed by atoms with van der Waals surface area (Å²) in [5.41, 5.74) is -4.45. The van der Waals surface area contributed by atoms with Gasteiger partial charge in [0.1, 0.15) is 17.7 Å². The van der Waals surface area contributed by atoms with Crippen LogP contribution in [0.2, 0.25) is 5.02 Å². The van der Waals surface area contributed by atoms with Crippen LogP contribution in [0.4, 0.5) is 26.3 Å². The van der Waals surface area contributed by atoms with Crippen LogP contribution in [0.5, 0.6) is 0 Å². The summed E-state index contributed by atoms with van der Waals surface area (Å²) in [7, 11) is 0. The highest BCUT2D eigenvalue weighted by Crippen LogP contribution is 2.38. The maximum atomic E-state index is 13.9. The molecule has 1 N–H and O–H groups in total. The Morgan fingerprint density at radius 3 is 2.19 bits per heavy atom. The summed E-state index contributed by atoms with van der Waals surface area (Å²) in [5.74, 6) is -1.77. The zero-order valence-electron chi connectivity index (χ0n) is 22.3. The molecule has 3 aromatic carbocycles. The lowest BCUT2D eigenvalue weighted by Crippen LogP contribution is -2.65. The maximum Gasteiger partial charge on any atom is 0.416 e. The molecule has 13 heteroatoms. The minimum absolute atomic E-state index is 0.00233. The number of carbonyl (C=O) groups is 2.